The van der Waals surface area contributed by atoms with E-state index in [1.165, 1.54) is 6.08 Å². The van der Waals surface area contributed by atoms with Crippen molar-refractivity contribution >= 4 is 33.9 Å². The number of thiophene rings is 1. The SMILES string of the molecule is CN(C(Cc1cccs1)C(=O)N(C)N(C)C)C(O)[C@@H](Cc1ccc2ccccc2c1)N(C)C(=O)/C=C/CC(C)(C)N. The van der Waals surface area contributed by atoms with Crippen LogP contribution in [-0.4, -0.2) is 95.8 Å². The maximum atomic E-state index is 13.7. The van der Waals surface area contributed by atoms with Gasteiger partial charge in [-0.1, -0.05) is 54.6 Å². The van der Waals surface area contributed by atoms with Crippen LogP contribution in [0.15, 0.2) is 72.1 Å². The fraction of sp³-hybridized carbons (Fsp3) is 0.438. The Kier molecular flexibility index (Phi) is 11.2. The highest BCUT2D eigenvalue weighted by Crippen LogP contribution is 2.23. The maximum absolute atomic E-state index is 13.7. The third kappa shape index (κ3) is 8.95. The molecule has 2 aromatic carbocycles. The molecule has 3 aromatic rings. The third-order valence-corrected chi connectivity index (χ3v) is 8.34. The number of aliphatic hydroxyl groups excluding tert-OH is 1. The van der Waals surface area contributed by atoms with Gasteiger partial charge in [0.25, 0.3) is 5.91 Å². The van der Waals surface area contributed by atoms with Gasteiger partial charge in [-0.05, 0) is 67.6 Å². The molecule has 0 saturated heterocycles. The van der Waals surface area contributed by atoms with E-state index in [0.717, 1.165) is 21.2 Å². The van der Waals surface area contributed by atoms with Crippen LogP contribution in [0.3, 0.4) is 0 Å². The van der Waals surface area contributed by atoms with Gasteiger partial charge < -0.3 is 15.7 Å². The Labute approximate surface area is 248 Å². The smallest absolute Gasteiger partial charge is 0.254 e. The van der Waals surface area contributed by atoms with E-state index in [1.54, 1.807) is 72.5 Å². The van der Waals surface area contributed by atoms with Crippen molar-refractivity contribution in [2.45, 2.75) is 57.0 Å². The van der Waals surface area contributed by atoms with Crippen molar-refractivity contribution in [1.29, 1.82) is 0 Å². The van der Waals surface area contributed by atoms with Gasteiger partial charge in [0, 0.05) is 45.0 Å². The molecule has 9 heteroatoms. The van der Waals surface area contributed by atoms with Crippen LogP contribution in [0, 0.1) is 0 Å². The number of fused-ring (bicyclic) bond motifs is 1. The summed E-state index contributed by atoms with van der Waals surface area (Å²) in [5.41, 5.74) is 6.64. The van der Waals surface area contributed by atoms with E-state index >= 15 is 0 Å². The first-order valence-corrected chi connectivity index (χ1v) is 14.7. The minimum absolute atomic E-state index is 0.145. The Morgan fingerprint density at radius 3 is 2.27 bits per heavy atom. The largest absolute Gasteiger partial charge is 0.376 e. The average Bonchev–Trinajstić information content (AvgIpc) is 3.45. The summed E-state index contributed by atoms with van der Waals surface area (Å²) < 4.78 is 0. The molecule has 41 heavy (non-hydrogen) atoms. The van der Waals surface area contributed by atoms with Gasteiger partial charge in [0.05, 0.1) is 12.1 Å². The quantitative estimate of drug-likeness (QED) is 0.182. The lowest BCUT2D eigenvalue weighted by atomic mass is 9.98. The Balaban J connectivity index is 1.96. The molecular weight excluding hydrogens is 534 g/mol. The number of carbonyl (C=O) groups is 2. The van der Waals surface area contributed by atoms with Gasteiger partial charge >= 0.3 is 0 Å². The van der Waals surface area contributed by atoms with E-state index in [9.17, 15) is 14.7 Å². The zero-order chi connectivity index (χ0) is 30.3. The molecule has 3 N–H and O–H groups in total. The number of nitrogens with zero attached hydrogens (tertiary/aromatic N) is 4. The third-order valence-electron chi connectivity index (χ3n) is 7.44. The molecule has 3 atom stereocenters. The second-order valence-corrected chi connectivity index (χ2v) is 12.6. The molecule has 0 radical (unpaired) electrons. The van der Waals surface area contributed by atoms with E-state index in [2.05, 4.69) is 24.3 Å². The summed E-state index contributed by atoms with van der Waals surface area (Å²) in [4.78, 5) is 31.3. The summed E-state index contributed by atoms with van der Waals surface area (Å²) in [5.74, 6) is -0.382. The number of hydrazine groups is 1. The van der Waals surface area contributed by atoms with Crippen molar-refractivity contribution < 1.29 is 14.7 Å². The van der Waals surface area contributed by atoms with Crippen molar-refractivity contribution in [3.63, 3.8) is 0 Å². The molecule has 2 amide bonds. The number of rotatable bonds is 13. The number of hydrogen-bond donors (Lipinski definition) is 2. The Morgan fingerprint density at radius 1 is 0.976 bits per heavy atom. The molecule has 3 rings (SSSR count). The molecule has 0 aliphatic rings. The molecule has 222 valence electrons. The second kappa shape index (κ2) is 14.2. The standard InChI is InChI=1S/C32H45N5O3S/c1-32(2,33)18-10-15-29(38)35(5)27(21-23-16-17-24-12-8-9-13-25(24)20-23)30(39)36(6)28(22-26-14-11-19-41-26)31(40)37(7)34(3)4/h8-17,19-20,27-28,30,39H,18,21-22,33H2,1-7H3/b15-10+/t27-,28?,30?/m1/s1. The second-order valence-electron chi connectivity index (χ2n) is 11.6. The first-order valence-electron chi connectivity index (χ1n) is 13.9. The van der Waals surface area contributed by atoms with Gasteiger partial charge in [-0.25, -0.2) is 5.01 Å². The average molecular weight is 580 g/mol. The van der Waals surface area contributed by atoms with Crippen LogP contribution >= 0.6 is 11.3 Å². The highest BCUT2D eigenvalue weighted by atomic mass is 32.1. The van der Waals surface area contributed by atoms with Gasteiger partial charge in [-0.3, -0.25) is 19.5 Å². The van der Waals surface area contributed by atoms with Crippen LogP contribution in [-0.2, 0) is 22.4 Å². The summed E-state index contributed by atoms with van der Waals surface area (Å²) in [5, 5.41) is 19.4. The number of nitrogens with two attached hydrogens (primary N) is 1. The summed E-state index contributed by atoms with van der Waals surface area (Å²) in [6, 6.07) is 16.9. The van der Waals surface area contributed by atoms with Gasteiger partial charge in [0.15, 0.2) is 0 Å². The summed E-state index contributed by atoms with van der Waals surface area (Å²) >= 11 is 1.58. The fourth-order valence-corrected chi connectivity index (χ4v) is 5.43. The number of carbonyl (C=O) groups excluding carboxylic acids is 2. The molecule has 0 saturated carbocycles. The molecule has 8 nitrogen and oxygen atoms in total. The van der Waals surface area contributed by atoms with Crippen molar-refractivity contribution in [1.82, 2.24) is 19.8 Å². The zero-order valence-corrected chi connectivity index (χ0v) is 26.1. The summed E-state index contributed by atoms with van der Waals surface area (Å²) in [7, 11) is 8.78. The van der Waals surface area contributed by atoms with E-state index in [-0.39, 0.29) is 11.8 Å². The highest BCUT2D eigenvalue weighted by Gasteiger charge is 2.37. The number of aliphatic hydroxyl groups is 1. The predicted molar refractivity (Wildman–Crippen MR) is 168 cm³/mol. The minimum atomic E-state index is -1.13. The highest BCUT2D eigenvalue weighted by molar-refractivity contribution is 7.09. The van der Waals surface area contributed by atoms with Crippen LogP contribution in [0.1, 0.15) is 30.7 Å². The molecule has 2 unspecified atom stereocenters. The van der Waals surface area contributed by atoms with Crippen molar-refractivity contribution in [2.24, 2.45) is 5.73 Å². The van der Waals surface area contributed by atoms with Crippen molar-refractivity contribution in [2.75, 3.05) is 35.2 Å². The van der Waals surface area contributed by atoms with Gasteiger partial charge in [0.2, 0.25) is 5.91 Å². The fourth-order valence-electron chi connectivity index (χ4n) is 4.69. The molecule has 0 bridgehead atoms. The lowest BCUT2D eigenvalue weighted by Gasteiger charge is -2.40. The van der Waals surface area contributed by atoms with Crippen LogP contribution < -0.4 is 5.73 Å². The van der Waals surface area contributed by atoms with E-state index in [1.807, 2.05) is 49.6 Å². The number of benzene rings is 2. The van der Waals surface area contributed by atoms with Crippen LogP contribution in [0.4, 0.5) is 0 Å². The zero-order valence-electron chi connectivity index (χ0n) is 25.3. The first-order chi connectivity index (χ1) is 19.3. The first kappa shape index (κ1) is 32.4. The van der Waals surface area contributed by atoms with Crippen LogP contribution in [0.2, 0.25) is 0 Å². The van der Waals surface area contributed by atoms with Crippen molar-refractivity contribution in [3.05, 3.63) is 82.6 Å². The van der Waals surface area contributed by atoms with Crippen molar-refractivity contribution in [3.8, 4) is 0 Å². The maximum Gasteiger partial charge on any atom is 0.254 e. The topological polar surface area (TPSA) is 93.4 Å². The minimum Gasteiger partial charge on any atom is -0.376 e. The van der Waals surface area contributed by atoms with Gasteiger partial charge in [0.1, 0.15) is 6.23 Å². The van der Waals surface area contributed by atoms with E-state index in [0.29, 0.717) is 19.3 Å². The molecule has 1 heterocycles. The van der Waals surface area contributed by atoms with Crippen LogP contribution in [0.25, 0.3) is 10.8 Å². The monoisotopic (exact) mass is 579 g/mol. The Hall–Kier alpha value is -3.08. The molecule has 0 spiro atoms. The predicted octanol–water partition coefficient (Wildman–Crippen LogP) is 3.75. The molecule has 0 fully saturated rings. The molecule has 1 aromatic heterocycles. The molecule has 0 aliphatic carbocycles. The number of hydrogen-bond acceptors (Lipinski definition) is 7. The Morgan fingerprint density at radius 2 is 1.66 bits per heavy atom. The lowest BCUT2D eigenvalue weighted by molar-refractivity contribution is -0.154. The molecular formula is C32H45N5O3S. The van der Waals surface area contributed by atoms with Gasteiger partial charge in [-0.15, -0.1) is 11.3 Å². The molecule has 0 aliphatic heterocycles. The summed E-state index contributed by atoms with van der Waals surface area (Å²) in [6.07, 6.45) is 3.55. The normalized spacial score (nSPS) is 14.5. The van der Waals surface area contributed by atoms with E-state index in [4.69, 9.17) is 5.73 Å². The summed E-state index contributed by atoms with van der Waals surface area (Å²) in [6.45, 7) is 3.81. The lowest BCUT2D eigenvalue weighted by Crippen LogP contribution is -2.59. The Bertz CT molecular complexity index is 1320. The number of likely N-dealkylation sites (N-methyl/N-ethyl adjacent to an activating group) is 3. The van der Waals surface area contributed by atoms with E-state index < -0.39 is 23.9 Å². The number of amides is 2. The van der Waals surface area contributed by atoms with Crippen LogP contribution in [0.5, 0.6) is 0 Å². The van der Waals surface area contributed by atoms with Gasteiger partial charge in [-0.2, -0.15) is 0 Å².